The SMILES string of the molecule is Cc1cccc(-c2[nH]c(CNCc3cccc(Cl)c3C)nc2C2=CN3NCN=C3C=C2)n1. The lowest BCUT2D eigenvalue weighted by Crippen LogP contribution is -2.32. The first kappa shape index (κ1) is 20.6. The lowest BCUT2D eigenvalue weighted by Gasteiger charge is -2.18. The van der Waals surface area contributed by atoms with Gasteiger partial charge in [0.15, 0.2) is 0 Å². The van der Waals surface area contributed by atoms with Crippen LogP contribution in [0.2, 0.25) is 5.02 Å². The molecule has 0 saturated carbocycles. The minimum absolute atomic E-state index is 0.578. The van der Waals surface area contributed by atoms with E-state index < -0.39 is 0 Å². The van der Waals surface area contributed by atoms with Crippen LogP contribution in [0.25, 0.3) is 17.0 Å². The first-order valence-electron chi connectivity index (χ1n) is 10.5. The molecule has 0 fully saturated rings. The van der Waals surface area contributed by atoms with Gasteiger partial charge in [-0.3, -0.25) is 9.99 Å². The summed E-state index contributed by atoms with van der Waals surface area (Å²) in [6.07, 6.45) is 6.06. The molecule has 3 aromatic rings. The van der Waals surface area contributed by atoms with Crippen molar-refractivity contribution in [1.82, 2.24) is 30.7 Å². The Balaban J connectivity index is 1.43. The first-order chi connectivity index (χ1) is 15.6. The van der Waals surface area contributed by atoms with E-state index in [1.54, 1.807) is 0 Å². The van der Waals surface area contributed by atoms with Crippen LogP contribution >= 0.6 is 11.6 Å². The predicted molar refractivity (Wildman–Crippen MR) is 128 cm³/mol. The molecule has 0 spiro atoms. The van der Waals surface area contributed by atoms with Gasteiger partial charge in [-0.15, -0.1) is 0 Å². The highest BCUT2D eigenvalue weighted by molar-refractivity contribution is 6.31. The Hall–Kier alpha value is -3.26. The fourth-order valence-corrected chi connectivity index (χ4v) is 4.02. The van der Waals surface area contributed by atoms with Crippen LogP contribution in [0.3, 0.4) is 0 Å². The monoisotopic (exact) mass is 445 g/mol. The number of rotatable bonds is 6. The number of aromatic nitrogens is 3. The summed E-state index contributed by atoms with van der Waals surface area (Å²) in [6.45, 7) is 5.91. The zero-order valence-electron chi connectivity index (χ0n) is 18.0. The maximum atomic E-state index is 6.26. The van der Waals surface area contributed by atoms with E-state index in [1.165, 1.54) is 5.56 Å². The van der Waals surface area contributed by atoms with Crippen molar-refractivity contribution in [2.75, 3.05) is 6.67 Å². The molecule has 5 rings (SSSR count). The lowest BCUT2D eigenvalue weighted by molar-refractivity contribution is 0.454. The molecule has 1 aromatic carbocycles. The van der Waals surface area contributed by atoms with E-state index in [1.807, 2.05) is 67.5 Å². The number of H-pyrrole nitrogens is 1. The predicted octanol–water partition coefficient (Wildman–Crippen LogP) is 4.12. The van der Waals surface area contributed by atoms with E-state index in [4.69, 9.17) is 21.6 Å². The maximum Gasteiger partial charge on any atom is 0.143 e. The number of hydrogen-bond donors (Lipinski definition) is 3. The summed E-state index contributed by atoms with van der Waals surface area (Å²) in [6, 6.07) is 12.0. The van der Waals surface area contributed by atoms with E-state index in [9.17, 15) is 0 Å². The van der Waals surface area contributed by atoms with Crippen LogP contribution in [0, 0.1) is 13.8 Å². The van der Waals surface area contributed by atoms with Gasteiger partial charge in [0.2, 0.25) is 0 Å². The number of allylic oxidation sites excluding steroid dienone is 2. The van der Waals surface area contributed by atoms with Crippen molar-refractivity contribution in [1.29, 1.82) is 0 Å². The number of fused-ring (bicyclic) bond motifs is 1. The van der Waals surface area contributed by atoms with Crippen LogP contribution in [-0.4, -0.2) is 32.5 Å². The molecule has 4 heterocycles. The van der Waals surface area contributed by atoms with Crippen molar-refractivity contribution in [3.63, 3.8) is 0 Å². The number of benzene rings is 1. The zero-order valence-corrected chi connectivity index (χ0v) is 18.7. The number of nitrogens with zero attached hydrogens (tertiary/aromatic N) is 4. The average Bonchev–Trinajstić information content (AvgIpc) is 3.43. The number of imidazole rings is 1. The molecule has 0 bridgehead atoms. The second-order valence-corrected chi connectivity index (χ2v) is 8.23. The number of pyridine rings is 1. The molecule has 162 valence electrons. The van der Waals surface area contributed by atoms with Crippen LogP contribution in [-0.2, 0) is 13.1 Å². The Morgan fingerprint density at radius 1 is 1.06 bits per heavy atom. The summed E-state index contributed by atoms with van der Waals surface area (Å²) in [5, 5.41) is 6.19. The van der Waals surface area contributed by atoms with Crippen molar-refractivity contribution < 1.29 is 0 Å². The van der Waals surface area contributed by atoms with Crippen molar-refractivity contribution in [3.05, 3.63) is 88.1 Å². The van der Waals surface area contributed by atoms with Crippen LogP contribution in [0.1, 0.15) is 28.3 Å². The summed E-state index contributed by atoms with van der Waals surface area (Å²) in [7, 11) is 0. The normalized spacial score (nSPS) is 15.0. The summed E-state index contributed by atoms with van der Waals surface area (Å²) in [4.78, 5) is 17.5. The molecule has 0 saturated heterocycles. The summed E-state index contributed by atoms with van der Waals surface area (Å²) >= 11 is 6.26. The Kier molecular flexibility index (Phi) is 5.61. The zero-order chi connectivity index (χ0) is 22.1. The standard InChI is InChI=1S/C24H24ClN7/c1-15-5-3-8-20(29-15)24-23(18-9-10-22-27-14-28-32(22)13-18)30-21(31-24)12-26-11-17-6-4-7-19(25)16(17)2/h3-10,13,26,28H,11-12,14H2,1-2H3,(H,30,31). The van der Waals surface area contributed by atoms with E-state index in [-0.39, 0.29) is 0 Å². The Labute approximate surface area is 191 Å². The molecule has 0 amide bonds. The van der Waals surface area contributed by atoms with E-state index in [2.05, 4.69) is 26.8 Å². The topological polar surface area (TPSA) is 81.2 Å². The molecular weight excluding hydrogens is 422 g/mol. The average molecular weight is 446 g/mol. The molecule has 2 aromatic heterocycles. The van der Waals surface area contributed by atoms with Crippen LogP contribution in [0.4, 0.5) is 0 Å². The van der Waals surface area contributed by atoms with Gasteiger partial charge < -0.3 is 10.3 Å². The molecule has 0 aliphatic carbocycles. The smallest absolute Gasteiger partial charge is 0.143 e. The van der Waals surface area contributed by atoms with Gasteiger partial charge in [0.05, 0.1) is 23.6 Å². The molecule has 7 nitrogen and oxygen atoms in total. The van der Waals surface area contributed by atoms with Gasteiger partial charge in [-0.1, -0.05) is 29.8 Å². The number of halogens is 1. The Morgan fingerprint density at radius 2 is 1.94 bits per heavy atom. The minimum atomic E-state index is 0.578. The number of aliphatic imine (C=N–C) groups is 1. The van der Waals surface area contributed by atoms with Crippen molar-refractivity contribution in [2.24, 2.45) is 4.99 Å². The number of amidine groups is 1. The summed E-state index contributed by atoms with van der Waals surface area (Å²) < 4.78 is 0. The second-order valence-electron chi connectivity index (χ2n) is 7.82. The third-order valence-corrected chi connectivity index (χ3v) is 5.98. The van der Waals surface area contributed by atoms with E-state index in [0.29, 0.717) is 19.8 Å². The maximum absolute atomic E-state index is 6.26. The van der Waals surface area contributed by atoms with Crippen molar-refractivity contribution in [2.45, 2.75) is 26.9 Å². The van der Waals surface area contributed by atoms with Crippen LogP contribution in [0.5, 0.6) is 0 Å². The van der Waals surface area contributed by atoms with Gasteiger partial charge in [-0.25, -0.2) is 15.4 Å². The molecule has 8 heteroatoms. The second kappa shape index (κ2) is 8.70. The fraction of sp³-hybridized carbons (Fsp3) is 0.208. The van der Waals surface area contributed by atoms with Crippen LogP contribution in [0.15, 0.2) is 59.7 Å². The molecular formula is C24H24ClN7. The number of hydrogen-bond acceptors (Lipinski definition) is 6. The Morgan fingerprint density at radius 3 is 2.81 bits per heavy atom. The molecule has 0 atom stereocenters. The van der Waals surface area contributed by atoms with Gasteiger partial charge >= 0.3 is 0 Å². The molecule has 2 aliphatic rings. The van der Waals surface area contributed by atoms with Crippen molar-refractivity contribution in [3.8, 4) is 11.4 Å². The molecule has 3 N–H and O–H groups in total. The number of hydrazine groups is 1. The summed E-state index contributed by atoms with van der Waals surface area (Å²) in [5.41, 5.74) is 10.1. The van der Waals surface area contributed by atoms with Gasteiger partial charge in [0, 0.05) is 29.0 Å². The third-order valence-electron chi connectivity index (χ3n) is 5.57. The molecule has 0 unspecified atom stereocenters. The van der Waals surface area contributed by atoms with Gasteiger partial charge in [-0.05, 0) is 55.3 Å². The Bertz CT molecular complexity index is 1250. The molecule has 32 heavy (non-hydrogen) atoms. The van der Waals surface area contributed by atoms with Gasteiger partial charge in [-0.2, -0.15) is 0 Å². The van der Waals surface area contributed by atoms with Crippen LogP contribution < -0.4 is 10.7 Å². The van der Waals surface area contributed by atoms with Gasteiger partial charge in [0.25, 0.3) is 0 Å². The quantitative estimate of drug-likeness (QED) is 0.531. The fourth-order valence-electron chi connectivity index (χ4n) is 3.82. The number of aromatic amines is 1. The number of aryl methyl sites for hydroxylation is 1. The van der Waals surface area contributed by atoms with E-state index >= 15 is 0 Å². The first-order valence-corrected chi connectivity index (χ1v) is 10.9. The van der Waals surface area contributed by atoms with Crippen molar-refractivity contribution >= 4 is 23.0 Å². The highest BCUT2D eigenvalue weighted by atomic mass is 35.5. The molecule has 0 radical (unpaired) electrons. The van der Waals surface area contributed by atoms with E-state index in [0.717, 1.165) is 50.6 Å². The minimum Gasteiger partial charge on any atom is -0.339 e. The lowest BCUT2D eigenvalue weighted by atomic mass is 10.1. The largest absolute Gasteiger partial charge is 0.339 e. The summed E-state index contributed by atoms with van der Waals surface area (Å²) in [5.74, 6) is 1.75. The number of nitrogens with one attached hydrogen (secondary N) is 3. The molecule has 2 aliphatic heterocycles. The van der Waals surface area contributed by atoms with Gasteiger partial charge in [0.1, 0.15) is 18.3 Å². The third kappa shape index (κ3) is 4.10. The highest BCUT2D eigenvalue weighted by Gasteiger charge is 2.22. The highest BCUT2D eigenvalue weighted by Crippen LogP contribution is 2.29.